The number of aromatic nitrogens is 1. The molecule has 4 heteroatoms. The number of anilines is 1. The van der Waals surface area contributed by atoms with Gasteiger partial charge in [-0.15, -0.1) is 0 Å². The maximum Gasteiger partial charge on any atom is 0.272 e. The van der Waals surface area contributed by atoms with Crippen molar-refractivity contribution in [3.63, 3.8) is 0 Å². The van der Waals surface area contributed by atoms with E-state index in [1.807, 2.05) is 37.5 Å². The minimum absolute atomic E-state index is 0.104. The zero-order chi connectivity index (χ0) is 13.1. The molecule has 18 heavy (non-hydrogen) atoms. The Kier molecular flexibility index (Phi) is 3.87. The lowest BCUT2D eigenvalue weighted by Crippen LogP contribution is -2.15. The van der Waals surface area contributed by atoms with Gasteiger partial charge in [0, 0.05) is 23.4 Å². The Hall–Kier alpha value is -1.55. The molecule has 94 valence electrons. The van der Waals surface area contributed by atoms with Crippen LogP contribution in [0.5, 0.6) is 0 Å². The summed E-state index contributed by atoms with van der Waals surface area (Å²) in [6, 6.07) is 9.70. The number of hydrogen-bond donors (Lipinski definition) is 1. The Bertz CT molecular complexity index is 558. The van der Waals surface area contributed by atoms with E-state index < -0.39 is 0 Å². The second kappa shape index (κ2) is 5.40. The molecule has 0 spiro atoms. The van der Waals surface area contributed by atoms with Crippen molar-refractivity contribution in [2.45, 2.75) is 13.3 Å². The summed E-state index contributed by atoms with van der Waals surface area (Å²) in [6.45, 7) is 2.11. The first kappa shape index (κ1) is 12.9. The molecule has 1 N–H and O–H groups in total. The van der Waals surface area contributed by atoms with E-state index in [0.29, 0.717) is 5.69 Å². The quantitative estimate of drug-likeness (QED) is 0.923. The first-order valence-electron chi connectivity index (χ1n) is 5.82. The van der Waals surface area contributed by atoms with Crippen molar-refractivity contribution in [2.75, 3.05) is 5.32 Å². The van der Waals surface area contributed by atoms with Gasteiger partial charge in [0.2, 0.25) is 0 Å². The lowest BCUT2D eigenvalue weighted by molar-refractivity contribution is 0.101. The number of benzene rings is 1. The number of rotatable bonds is 3. The van der Waals surface area contributed by atoms with E-state index in [1.165, 1.54) is 5.56 Å². The van der Waals surface area contributed by atoms with Crippen LogP contribution in [0.4, 0.5) is 5.69 Å². The summed E-state index contributed by atoms with van der Waals surface area (Å²) in [5, 5.41) is 2.88. The van der Waals surface area contributed by atoms with Crippen molar-refractivity contribution >= 4 is 27.5 Å². The number of nitrogens with one attached hydrogen (secondary N) is 1. The fourth-order valence-electron chi connectivity index (χ4n) is 1.77. The number of amides is 1. The summed E-state index contributed by atoms with van der Waals surface area (Å²) in [5.41, 5.74) is 2.70. The van der Waals surface area contributed by atoms with Gasteiger partial charge in [-0.3, -0.25) is 4.79 Å². The van der Waals surface area contributed by atoms with Crippen LogP contribution in [0.25, 0.3) is 0 Å². The summed E-state index contributed by atoms with van der Waals surface area (Å²) in [4.78, 5) is 12.0. The molecule has 0 fully saturated rings. The minimum Gasteiger partial charge on any atom is -0.345 e. The molecular formula is C14H15BrN2O. The van der Waals surface area contributed by atoms with Gasteiger partial charge in [-0.05, 0) is 46.1 Å². The average Bonchev–Trinajstić information content (AvgIpc) is 2.69. The molecule has 0 unspecified atom stereocenters. The molecule has 0 aliphatic heterocycles. The summed E-state index contributed by atoms with van der Waals surface area (Å²) < 4.78 is 2.69. The Morgan fingerprint density at radius 3 is 2.50 bits per heavy atom. The maximum atomic E-state index is 12.0. The summed E-state index contributed by atoms with van der Waals surface area (Å²) in [5.74, 6) is -0.104. The van der Waals surface area contributed by atoms with Crippen molar-refractivity contribution in [1.82, 2.24) is 4.57 Å². The highest BCUT2D eigenvalue weighted by Gasteiger charge is 2.10. The van der Waals surface area contributed by atoms with Crippen molar-refractivity contribution < 1.29 is 4.79 Å². The van der Waals surface area contributed by atoms with Crippen LogP contribution < -0.4 is 5.32 Å². The van der Waals surface area contributed by atoms with Crippen LogP contribution >= 0.6 is 15.9 Å². The highest BCUT2D eigenvalue weighted by Crippen LogP contribution is 2.16. The Morgan fingerprint density at radius 1 is 1.33 bits per heavy atom. The van der Waals surface area contributed by atoms with E-state index in [4.69, 9.17) is 0 Å². The molecule has 0 atom stereocenters. The normalized spacial score (nSPS) is 10.4. The van der Waals surface area contributed by atoms with Gasteiger partial charge in [-0.1, -0.05) is 19.1 Å². The predicted octanol–water partition coefficient (Wildman–Crippen LogP) is 3.60. The third kappa shape index (κ3) is 2.82. The number of aryl methyl sites for hydroxylation is 2. The fraction of sp³-hybridized carbons (Fsp3) is 0.214. The molecule has 0 saturated carbocycles. The van der Waals surface area contributed by atoms with E-state index >= 15 is 0 Å². The van der Waals surface area contributed by atoms with Crippen molar-refractivity contribution in [3.8, 4) is 0 Å². The molecule has 1 amide bonds. The molecule has 1 aromatic carbocycles. The Morgan fingerprint density at radius 2 is 2.00 bits per heavy atom. The molecule has 2 aromatic rings. The number of carbonyl (C=O) groups is 1. The zero-order valence-electron chi connectivity index (χ0n) is 10.4. The summed E-state index contributed by atoms with van der Waals surface area (Å²) >= 11 is 3.35. The van der Waals surface area contributed by atoms with Crippen LogP contribution in [0.3, 0.4) is 0 Å². The second-order valence-electron chi connectivity index (χ2n) is 4.16. The first-order valence-corrected chi connectivity index (χ1v) is 6.61. The predicted molar refractivity (Wildman–Crippen MR) is 76.9 cm³/mol. The second-order valence-corrected chi connectivity index (χ2v) is 5.07. The van der Waals surface area contributed by atoms with Crippen LogP contribution in [-0.4, -0.2) is 10.5 Å². The van der Waals surface area contributed by atoms with Gasteiger partial charge in [0.05, 0.1) is 0 Å². The smallest absolute Gasteiger partial charge is 0.272 e. The monoisotopic (exact) mass is 306 g/mol. The number of nitrogens with zero attached hydrogens (tertiary/aromatic N) is 1. The van der Waals surface area contributed by atoms with Crippen molar-refractivity contribution in [2.24, 2.45) is 7.05 Å². The van der Waals surface area contributed by atoms with Gasteiger partial charge < -0.3 is 9.88 Å². The molecule has 1 aromatic heterocycles. The highest BCUT2D eigenvalue weighted by molar-refractivity contribution is 9.10. The van der Waals surface area contributed by atoms with Gasteiger partial charge in [0.15, 0.2) is 0 Å². The lowest BCUT2D eigenvalue weighted by atomic mass is 10.1. The van der Waals surface area contributed by atoms with Crippen LogP contribution in [0.1, 0.15) is 23.0 Å². The van der Waals surface area contributed by atoms with Gasteiger partial charge in [0.1, 0.15) is 5.69 Å². The molecule has 0 aliphatic rings. The molecule has 0 aliphatic carbocycles. The molecule has 3 nitrogen and oxygen atoms in total. The SMILES string of the molecule is CCc1ccc(NC(=O)c2cc(Br)cn2C)cc1. The highest BCUT2D eigenvalue weighted by atomic mass is 79.9. The summed E-state index contributed by atoms with van der Waals surface area (Å²) in [6.07, 6.45) is 2.86. The minimum atomic E-state index is -0.104. The van der Waals surface area contributed by atoms with Crippen LogP contribution in [0.15, 0.2) is 41.0 Å². The van der Waals surface area contributed by atoms with Gasteiger partial charge in [-0.2, -0.15) is 0 Å². The topological polar surface area (TPSA) is 34.0 Å². The van der Waals surface area contributed by atoms with Crippen LogP contribution in [0.2, 0.25) is 0 Å². The van der Waals surface area contributed by atoms with Gasteiger partial charge in [0.25, 0.3) is 5.91 Å². The first-order chi connectivity index (χ1) is 8.60. The largest absolute Gasteiger partial charge is 0.345 e. The fourth-order valence-corrected chi connectivity index (χ4v) is 2.29. The van der Waals surface area contributed by atoms with E-state index in [9.17, 15) is 4.79 Å². The van der Waals surface area contributed by atoms with Crippen molar-refractivity contribution in [1.29, 1.82) is 0 Å². The van der Waals surface area contributed by atoms with E-state index in [0.717, 1.165) is 16.6 Å². The third-order valence-corrected chi connectivity index (χ3v) is 3.26. The van der Waals surface area contributed by atoms with E-state index in [-0.39, 0.29) is 5.91 Å². The number of carbonyl (C=O) groups excluding carboxylic acids is 1. The maximum absolute atomic E-state index is 12.0. The van der Waals surface area contributed by atoms with E-state index in [2.05, 4.69) is 28.2 Å². The van der Waals surface area contributed by atoms with Crippen LogP contribution in [0, 0.1) is 0 Å². The molecular weight excluding hydrogens is 292 g/mol. The zero-order valence-corrected chi connectivity index (χ0v) is 12.0. The average molecular weight is 307 g/mol. The summed E-state index contributed by atoms with van der Waals surface area (Å²) in [7, 11) is 1.85. The van der Waals surface area contributed by atoms with Gasteiger partial charge >= 0.3 is 0 Å². The molecule has 0 radical (unpaired) electrons. The lowest BCUT2D eigenvalue weighted by Gasteiger charge is -2.06. The molecule has 0 saturated heterocycles. The Labute approximate surface area is 115 Å². The Balaban J connectivity index is 2.13. The van der Waals surface area contributed by atoms with Gasteiger partial charge in [-0.25, -0.2) is 0 Å². The number of hydrogen-bond acceptors (Lipinski definition) is 1. The third-order valence-electron chi connectivity index (χ3n) is 2.82. The molecule has 2 rings (SSSR count). The molecule has 0 bridgehead atoms. The van der Waals surface area contributed by atoms with Crippen LogP contribution in [-0.2, 0) is 13.5 Å². The van der Waals surface area contributed by atoms with Crippen molar-refractivity contribution in [3.05, 3.63) is 52.3 Å². The molecule has 1 heterocycles. The van der Waals surface area contributed by atoms with E-state index in [1.54, 1.807) is 10.6 Å². The number of halogens is 1. The standard InChI is InChI=1S/C14H15BrN2O/c1-3-10-4-6-12(7-5-10)16-14(18)13-8-11(15)9-17(13)2/h4-9H,3H2,1-2H3,(H,16,18).